The lowest BCUT2D eigenvalue weighted by Gasteiger charge is -2.28. The number of aryl methyl sites for hydroxylation is 2. The number of carbonyl (C=O) groups excluding carboxylic acids is 1. The molecule has 0 aliphatic carbocycles. The Kier molecular flexibility index (Phi) is 3.80. The number of nitrogens with zero attached hydrogens (tertiary/aromatic N) is 3. The quantitative estimate of drug-likeness (QED) is 0.703. The SMILES string of the molecule is Cc1nc2c3c(c(C(=O)N(C)C)cn2c1C)CC[C@@H](c1cccs1)O3. The lowest BCUT2D eigenvalue weighted by atomic mass is 9.97. The predicted molar refractivity (Wildman–Crippen MR) is 98.7 cm³/mol. The van der Waals surface area contributed by atoms with Crippen LogP contribution in [0.5, 0.6) is 5.75 Å². The number of rotatable bonds is 2. The minimum atomic E-state index is 0.00192. The summed E-state index contributed by atoms with van der Waals surface area (Å²) in [4.78, 5) is 20.3. The molecule has 0 saturated carbocycles. The molecule has 1 amide bonds. The van der Waals surface area contributed by atoms with Gasteiger partial charge in [-0.2, -0.15) is 0 Å². The molecule has 1 atom stereocenters. The average molecular weight is 355 g/mol. The normalized spacial score (nSPS) is 16.6. The highest BCUT2D eigenvalue weighted by Gasteiger charge is 2.30. The van der Waals surface area contributed by atoms with E-state index in [1.807, 2.05) is 30.5 Å². The maximum atomic E-state index is 12.7. The van der Waals surface area contributed by atoms with Crippen LogP contribution in [0.25, 0.3) is 5.65 Å². The minimum Gasteiger partial charge on any atom is -0.481 e. The van der Waals surface area contributed by atoms with Crippen molar-refractivity contribution in [1.29, 1.82) is 0 Å². The van der Waals surface area contributed by atoms with Gasteiger partial charge in [-0.3, -0.25) is 4.79 Å². The summed E-state index contributed by atoms with van der Waals surface area (Å²) in [6.45, 7) is 4.01. The number of fused-ring (bicyclic) bond motifs is 3. The Morgan fingerprint density at radius 3 is 2.88 bits per heavy atom. The molecule has 4 heterocycles. The highest BCUT2D eigenvalue weighted by atomic mass is 32.1. The first-order chi connectivity index (χ1) is 12.0. The van der Waals surface area contributed by atoms with Gasteiger partial charge in [0, 0.05) is 36.4 Å². The molecule has 3 aromatic rings. The number of aromatic nitrogens is 2. The number of ether oxygens (including phenoxy) is 1. The van der Waals surface area contributed by atoms with Crippen molar-refractivity contribution in [3.8, 4) is 5.75 Å². The smallest absolute Gasteiger partial charge is 0.255 e. The highest BCUT2D eigenvalue weighted by Crippen LogP contribution is 2.41. The van der Waals surface area contributed by atoms with Gasteiger partial charge in [-0.05, 0) is 38.1 Å². The van der Waals surface area contributed by atoms with E-state index in [9.17, 15) is 4.79 Å². The zero-order valence-corrected chi connectivity index (χ0v) is 15.7. The van der Waals surface area contributed by atoms with Crippen LogP contribution in [-0.2, 0) is 6.42 Å². The van der Waals surface area contributed by atoms with Crippen molar-refractivity contribution in [3.05, 3.63) is 51.1 Å². The number of amides is 1. The van der Waals surface area contributed by atoms with Crippen LogP contribution in [0.15, 0.2) is 23.7 Å². The molecule has 1 aliphatic heterocycles. The molecule has 0 spiro atoms. The predicted octanol–water partition coefficient (Wildman–Crippen LogP) is 3.78. The van der Waals surface area contributed by atoms with Gasteiger partial charge in [-0.25, -0.2) is 4.98 Å². The summed E-state index contributed by atoms with van der Waals surface area (Å²) in [5.74, 6) is 0.760. The van der Waals surface area contributed by atoms with E-state index in [1.165, 1.54) is 4.88 Å². The molecule has 0 aromatic carbocycles. The highest BCUT2D eigenvalue weighted by molar-refractivity contribution is 7.10. The molecule has 5 nitrogen and oxygen atoms in total. The number of hydrogen-bond donors (Lipinski definition) is 0. The molecule has 0 N–H and O–H groups in total. The summed E-state index contributed by atoms with van der Waals surface area (Å²) in [5.41, 5.74) is 4.48. The van der Waals surface area contributed by atoms with E-state index >= 15 is 0 Å². The molecule has 25 heavy (non-hydrogen) atoms. The van der Waals surface area contributed by atoms with Gasteiger partial charge in [0.2, 0.25) is 0 Å². The van der Waals surface area contributed by atoms with E-state index in [1.54, 1.807) is 30.3 Å². The van der Waals surface area contributed by atoms with Crippen molar-refractivity contribution in [2.75, 3.05) is 14.1 Å². The fourth-order valence-electron chi connectivity index (χ4n) is 3.36. The van der Waals surface area contributed by atoms with E-state index in [0.717, 1.165) is 41.2 Å². The van der Waals surface area contributed by atoms with Crippen molar-refractivity contribution in [1.82, 2.24) is 14.3 Å². The summed E-state index contributed by atoms with van der Waals surface area (Å²) in [7, 11) is 3.56. The van der Waals surface area contributed by atoms with Crippen molar-refractivity contribution in [2.45, 2.75) is 32.8 Å². The molecule has 0 unspecified atom stereocenters. The fourth-order valence-corrected chi connectivity index (χ4v) is 4.15. The van der Waals surface area contributed by atoms with E-state index in [-0.39, 0.29) is 12.0 Å². The third-order valence-electron chi connectivity index (χ3n) is 4.86. The first kappa shape index (κ1) is 16.1. The van der Waals surface area contributed by atoms with Gasteiger partial charge < -0.3 is 14.0 Å². The number of imidazole rings is 1. The van der Waals surface area contributed by atoms with Crippen LogP contribution in [-0.4, -0.2) is 34.3 Å². The molecular weight excluding hydrogens is 334 g/mol. The van der Waals surface area contributed by atoms with Crippen LogP contribution < -0.4 is 4.74 Å². The van der Waals surface area contributed by atoms with Crippen LogP contribution >= 0.6 is 11.3 Å². The molecular formula is C19H21N3O2S. The maximum Gasteiger partial charge on any atom is 0.255 e. The van der Waals surface area contributed by atoms with Gasteiger partial charge in [0.15, 0.2) is 11.4 Å². The Labute approximate surface area is 150 Å². The topological polar surface area (TPSA) is 46.8 Å². The second-order valence-corrected chi connectivity index (χ2v) is 7.67. The number of hydrogen-bond acceptors (Lipinski definition) is 4. The lowest BCUT2D eigenvalue weighted by Crippen LogP contribution is -2.26. The largest absolute Gasteiger partial charge is 0.481 e. The summed E-state index contributed by atoms with van der Waals surface area (Å²) in [6, 6.07) is 4.15. The second kappa shape index (κ2) is 5.88. The van der Waals surface area contributed by atoms with Crippen LogP contribution in [0.2, 0.25) is 0 Å². The maximum absolute atomic E-state index is 12.7. The molecule has 130 valence electrons. The zero-order chi connectivity index (χ0) is 17.7. The third kappa shape index (κ3) is 2.52. The van der Waals surface area contributed by atoms with Gasteiger partial charge in [-0.1, -0.05) is 6.07 Å². The van der Waals surface area contributed by atoms with Crippen molar-refractivity contribution in [2.24, 2.45) is 0 Å². The molecule has 0 bridgehead atoms. The molecule has 1 aliphatic rings. The third-order valence-corrected chi connectivity index (χ3v) is 5.83. The van der Waals surface area contributed by atoms with E-state index < -0.39 is 0 Å². The van der Waals surface area contributed by atoms with E-state index in [0.29, 0.717) is 5.56 Å². The van der Waals surface area contributed by atoms with Gasteiger partial charge in [0.05, 0.1) is 11.3 Å². The summed E-state index contributed by atoms with van der Waals surface area (Å²) in [5, 5.41) is 2.07. The summed E-state index contributed by atoms with van der Waals surface area (Å²) >= 11 is 1.71. The molecule has 4 rings (SSSR count). The van der Waals surface area contributed by atoms with E-state index in [2.05, 4.69) is 11.4 Å². The first-order valence-corrected chi connectivity index (χ1v) is 9.28. The minimum absolute atomic E-state index is 0.00192. The Morgan fingerprint density at radius 2 is 2.20 bits per heavy atom. The van der Waals surface area contributed by atoms with E-state index in [4.69, 9.17) is 9.72 Å². The van der Waals surface area contributed by atoms with Crippen LogP contribution in [0.4, 0.5) is 0 Å². The molecule has 6 heteroatoms. The van der Waals surface area contributed by atoms with Gasteiger partial charge in [0.25, 0.3) is 5.91 Å². The van der Waals surface area contributed by atoms with Crippen molar-refractivity contribution >= 4 is 22.9 Å². The van der Waals surface area contributed by atoms with Crippen LogP contribution in [0.1, 0.15) is 44.7 Å². The number of pyridine rings is 1. The molecule has 0 radical (unpaired) electrons. The second-order valence-electron chi connectivity index (χ2n) is 6.69. The number of carbonyl (C=O) groups is 1. The molecule has 0 saturated heterocycles. The molecule has 0 fully saturated rings. The fraction of sp³-hybridized carbons (Fsp3) is 0.368. The summed E-state index contributed by atoms with van der Waals surface area (Å²) in [6.07, 6.45) is 3.63. The van der Waals surface area contributed by atoms with Crippen LogP contribution in [0, 0.1) is 13.8 Å². The Hall–Kier alpha value is -2.34. The standard InChI is InChI=1S/C19H21N3O2S/c1-11-12(2)22-10-14(19(23)21(3)4)13-7-8-15(16-6-5-9-25-16)24-17(13)18(22)20-11/h5-6,9-10,15H,7-8H2,1-4H3/t15-/m0/s1. The lowest BCUT2D eigenvalue weighted by molar-refractivity contribution is 0.0823. The van der Waals surface area contributed by atoms with Gasteiger partial charge >= 0.3 is 0 Å². The number of thiophene rings is 1. The first-order valence-electron chi connectivity index (χ1n) is 8.40. The van der Waals surface area contributed by atoms with Crippen molar-refractivity contribution < 1.29 is 9.53 Å². The Balaban J connectivity index is 1.92. The average Bonchev–Trinajstić information content (AvgIpc) is 3.23. The Morgan fingerprint density at radius 1 is 1.40 bits per heavy atom. The van der Waals surface area contributed by atoms with Crippen molar-refractivity contribution in [3.63, 3.8) is 0 Å². The van der Waals surface area contributed by atoms with Gasteiger partial charge in [0.1, 0.15) is 6.10 Å². The Bertz CT molecular complexity index is 957. The molecule has 3 aromatic heterocycles. The zero-order valence-electron chi connectivity index (χ0n) is 14.9. The monoisotopic (exact) mass is 355 g/mol. The van der Waals surface area contributed by atoms with Gasteiger partial charge in [-0.15, -0.1) is 11.3 Å². The van der Waals surface area contributed by atoms with Crippen LogP contribution in [0.3, 0.4) is 0 Å². The summed E-state index contributed by atoms with van der Waals surface area (Å²) < 4.78 is 8.37.